The number of hydrogen-bond acceptors (Lipinski definition) is 3. The molecule has 1 heterocycles. The van der Waals surface area contributed by atoms with Crippen LogP contribution in [0.25, 0.3) is 0 Å². The summed E-state index contributed by atoms with van der Waals surface area (Å²) < 4.78 is 0. The Bertz CT molecular complexity index is 438. The molecule has 2 fully saturated rings. The summed E-state index contributed by atoms with van der Waals surface area (Å²) in [4.78, 5) is 30.9. The first-order valence-corrected chi connectivity index (χ1v) is 10.1. The maximum Gasteiger partial charge on any atom is 0.236 e. The number of piperidine rings is 1. The molecule has 0 unspecified atom stereocenters. The maximum atomic E-state index is 12.5. The van der Waals surface area contributed by atoms with Crippen molar-refractivity contribution in [2.24, 2.45) is 11.8 Å². The molecule has 0 aromatic rings. The molecule has 1 saturated carbocycles. The van der Waals surface area contributed by atoms with Gasteiger partial charge in [0.05, 0.1) is 6.54 Å². The molecule has 0 aromatic carbocycles. The Labute approximate surface area is 153 Å². The van der Waals surface area contributed by atoms with Crippen LogP contribution in [0, 0.1) is 11.8 Å². The van der Waals surface area contributed by atoms with Gasteiger partial charge in [0.2, 0.25) is 11.8 Å². The lowest BCUT2D eigenvalue weighted by Crippen LogP contribution is -2.46. The highest BCUT2D eigenvalue weighted by atomic mass is 16.2. The number of carbonyl (C=O) groups is 2. The van der Waals surface area contributed by atoms with Crippen molar-refractivity contribution in [3.8, 4) is 0 Å². The van der Waals surface area contributed by atoms with Crippen molar-refractivity contribution >= 4 is 11.8 Å². The summed E-state index contributed by atoms with van der Waals surface area (Å²) >= 11 is 0. The van der Waals surface area contributed by atoms with Crippen LogP contribution in [0.2, 0.25) is 0 Å². The molecule has 1 aliphatic carbocycles. The number of hydrogen-bond donors (Lipinski definition) is 0. The SMILES string of the molecule is CC(C)N(C)C(=O)C1CCN(CC(=O)N(C)CC2CCCCC2)CC1. The monoisotopic (exact) mass is 351 g/mol. The van der Waals surface area contributed by atoms with Crippen LogP contribution >= 0.6 is 0 Å². The predicted molar refractivity (Wildman–Crippen MR) is 101 cm³/mol. The average Bonchev–Trinajstić information content (AvgIpc) is 2.61. The number of likely N-dealkylation sites (N-methyl/N-ethyl adjacent to an activating group) is 1. The molecule has 2 aliphatic rings. The second kappa shape index (κ2) is 9.56. The highest BCUT2D eigenvalue weighted by Crippen LogP contribution is 2.24. The van der Waals surface area contributed by atoms with Gasteiger partial charge in [0.15, 0.2) is 0 Å². The van der Waals surface area contributed by atoms with E-state index in [2.05, 4.69) is 4.90 Å². The number of likely N-dealkylation sites (tertiary alicyclic amines) is 1. The Morgan fingerprint density at radius 2 is 1.60 bits per heavy atom. The smallest absolute Gasteiger partial charge is 0.236 e. The summed E-state index contributed by atoms with van der Waals surface area (Å²) in [7, 11) is 3.84. The van der Waals surface area contributed by atoms with Gasteiger partial charge in [-0.3, -0.25) is 14.5 Å². The fraction of sp³-hybridized carbons (Fsp3) is 0.900. The van der Waals surface area contributed by atoms with E-state index in [1.54, 1.807) is 0 Å². The molecular formula is C20H37N3O2. The number of carbonyl (C=O) groups excluding carboxylic acids is 2. The normalized spacial score (nSPS) is 20.7. The highest BCUT2D eigenvalue weighted by Gasteiger charge is 2.29. The van der Waals surface area contributed by atoms with Crippen molar-refractivity contribution in [1.82, 2.24) is 14.7 Å². The summed E-state index contributed by atoms with van der Waals surface area (Å²) in [5, 5.41) is 0. The van der Waals surface area contributed by atoms with Crippen LogP contribution < -0.4 is 0 Å². The van der Waals surface area contributed by atoms with E-state index in [0.717, 1.165) is 32.5 Å². The van der Waals surface area contributed by atoms with E-state index in [4.69, 9.17) is 0 Å². The van der Waals surface area contributed by atoms with Crippen molar-refractivity contribution < 1.29 is 9.59 Å². The van der Waals surface area contributed by atoms with Gasteiger partial charge in [-0.1, -0.05) is 19.3 Å². The van der Waals surface area contributed by atoms with Crippen LogP contribution in [0.15, 0.2) is 0 Å². The van der Waals surface area contributed by atoms with Crippen LogP contribution in [0.4, 0.5) is 0 Å². The molecule has 0 spiro atoms. The van der Waals surface area contributed by atoms with Crippen LogP contribution in [0.5, 0.6) is 0 Å². The van der Waals surface area contributed by atoms with E-state index in [0.29, 0.717) is 12.5 Å². The van der Waals surface area contributed by atoms with Gasteiger partial charge in [0.1, 0.15) is 0 Å². The summed E-state index contributed by atoms with van der Waals surface area (Å²) in [6.07, 6.45) is 8.28. The molecule has 2 rings (SSSR count). The molecule has 0 N–H and O–H groups in total. The number of rotatable bonds is 6. The van der Waals surface area contributed by atoms with Crippen LogP contribution in [0.1, 0.15) is 58.8 Å². The minimum absolute atomic E-state index is 0.124. The van der Waals surface area contributed by atoms with E-state index in [-0.39, 0.29) is 23.8 Å². The summed E-state index contributed by atoms with van der Waals surface area (Å²) in [5.74, 6) is 1.31. The molecule has 5 nitrogen and oxygen atoms in total. The third-order valence-electron chi connectivity index (χ3n) is 6.10. The Hall–Kier alpha value is -1.10. The molecular weight excluding hydrogens is 314 g/mol. The molecule has 0 atom stereocenters. The Morgan fingerprint density at radius 3 is 2.16 bits per heavy atom. The van der Waals surface area contributed by atoms with Gasteiger partial charge in [-0.25, -0.2) is 0 Å². The van der Waals surface area contributed by atoms with Gasteiger partial charge in [0.25, 0.3) is 0 Å². The molecule has 0 radical (unpaired) electrons. The lowest BCUT2D eigenvalue weighted by molar-refractivity contribution is -0.137. The lowest BCUT2D eigenvalue weighted by Gasteiger charge is -2.35. The third-order valence-corrected chi connectivity index (χ3v) is 6.10. The first-order chi connectivity index (χ1) is 11.9. The standard InChI is InChI=1S/C20H37N3O2/c1-16(2)22(4)20(25)18-10-12-23(13-11-18)15-19(24)21(3)14-17-8-6-5-7-9-17/h16-18H,5-15H2,1-4H3. The Kier molecular flexibility index (Phi) is 7.73. The highest BCUT2D eigenvalue weighted by molar-refractivity contribution is 5.79. The largest absolute Gasteiger partial charge is 0.344 e. The quantitative estimate of drug-likeness (QED) is 0.739. The summed E-state index contributed by atoms with van der Waals surface area (Å²) in [5.41, 5.74) is 0. The predicted octanol–water partition coefficient (Wildman–Crippen LogP) is 2.60. The summed E-state index contributed by atoms with van der Waals surface area (Å²) in [6, 6.07) is 0.251. The van der Waals surface area contributed by atoms with Crippen LogP contribution in [-0.2, 0) is 9.59 Å². The molecule has 2 amide bonds. The van der Waals surface area contributed by atoms with Gasteiger partial charge in [-0.2, -0.15) is 0 Å². The Morgan fingerprint density at radius 1 is 1.00 bits per heavy atom. The van der Waals surface area contributed by atoms with Crippen molar-refractivity contribution in [2.75, 3.05) is 40.3 Å². The van der Waals surface area contributed by atoms with Crippen molar-refractivity contribution in [1.29, 1.82) is 0 Å². The van der Waals surface area contributed by atoms with E-state index in [1.165, 1.54) is 32.1 Å². The molecule has 0 aromatic heterocycles. The second-order valence-electron chi connectivity index (χ2n) is 8.37. The molecule has 1 saturated heterocycles. The van der Waals surface area contributed by atoms with Gasteiger partial charge < -0.3 is 9.80 Å². The average molecular weight is 352 g/mol. The van der Waals surface area contributed by atoms with Crippen LogP contribution in [-0.4, -0.2) is 72.8 Å². The first-order valence-electron chi connectivity index (χ1n) is 10.1. The van der Waals surface area contributed by atoms with Gasteiger partial charge >= 0.3 is 0 Å². The fourth-order valence-electron chi connectivity index (χ4n) is 4.05. The topological polar surface area (TPSA) is 43.9 Å². The molecule has 25 heavy (non-hydrogen) atoms. The molecule has 1 aliphatic heterocycles. The van der Waals surface area contributed by atoms with Crippen molar-refractivity contribution in [2.45, 2.75) is 64.8 Å². The minimum atomic E-state index is 0.124. The first kappa shape index (κ1) is 20.2. The second-order valence-corrected chi connectivity index (χ2v) is 8.37. The fourth-order valence-corrected chi connectivity index (χ4v) is 4.05. The van der Waals surface area contributed by atoms with E-state index >= 15 is 0 Å². The number of amides is 2. The molecule has 144 valence electrons. The molecule has 0 bridgehead atoms. The Balaban J connectivity index is 1.71. The van der Waals surface area contributed by atoms with Gasteiger partial charge in [0, 0.05) is 32.6 Å². The van der Waals surface area contributed by atoms with Gasteiger partial charge in [-0.05, 0) is 58.5 Å². The van der Waals surface area contributed by atoms with E-state index < -0.39 is 0 Å². The minimum Gasteiger partial charge on any atom is -0.344 e. The van der Waals surface area contributed by atoms with Crippen LogP contribution in [0.3, 0.4) is 0 Å². The zero-order valence-electron chi connectivity index (χ0n) is 16.7. The van der Waals surface area contributed by atoms with Gasteiger partial charge in [-0.15, -0.1) is 0 Å². The molecule has 5 heteroatoms. The zero-order chi connectivity index (χ0) is 18.4. The summed E-state index contributed by atoms with van der Waals surface area (Å²) in [6.45, 7) is 7.22. The number of nitrogens with zero attached hydrogens (tertiary/aromatic N) is 3. The van der Waals surface area contributed by atoms with Crippen molar-refractivity contribution in [3.63, 3.8) is 0 Å². The van der Waals surface area contributed by atoms with Crippen molar-refractivity contribution in [3.05, 3.63) is 0 Å². The zero-order valence-corrected chi connectivity index (χ0v) is 16.7. The maximum absolute atomic E-state index is 12.5. The lowest BCUT2D eigenvalue weighted by atomic mass is 9.89. The van der Waals surface area contributed by atoms with E-state index in [9.17, 15) is 9.59 Å². The van der Waals surface area contributed by atoms with E-state index in [1.807, 2.05) is 37.7 Å². The third kappa shape index (κ3) is 5.98.